The van der Waals surface area contributed by atoms with Crippen molar-refractivity contribution < 1.29 is 4.79 Å². The molecule has 3 rings (SSSR count). The third-order valence-electron chi connectivity index (χ3n) is 3.97. The Morgan fingerprint density at radius 1 is 1.48 bits per heavy atom. The van der Waals surface area contributed by atoms with Crippen LogP contribution in [0.25, 0.3) is 11.0 Å². The van der Waals surface area contributed by atoms with Gasteiger partial charge in [0, 0.05) is 18.0 Å². The Morgan fingerprint density at radius 2 is 2.24 bits per heavy atom. The van der Waals surface area contributed by atoms with Gasteiger partial charge >= 0.3 is 0 Å². The van der Waals surface area contributed by atoms with E-state index in [2.05, 4.69) is 33.1 Å². The summed E-state index contributed by atoms with van der Waals surface area (Å²) in [4.78, 5) is 18.6. The van der Waals surface area contributed by atoms with Crippen LogP contribution >= 0.6 is 15.9 Å². The summed E-state index contributed by atoms with van der Waals surface area (Å²) in [7, 11) is 0. The second-order valence-corrected chi connectivity index (χ2v) is 6.55. The van der Waals surface area contributed by atoms with Gasteiger partial charge in [0.2, 0.25) is 5.91 Å². The molecule has 1 amide bonds. The summed E-state index contributed by atoms with van der Waals surface area (Å²) in [6.07, 6.45) is 2.00. The SMILES string of the molecule is C=C(Br)Cn1c([C@@H]2CCCN2C(C)=O)nc2ccccc21. The maximum Gasteiger partial charge on any atom is 0.220 e. The molecule has 110 valence electrons. The summed E-state index contributed by atoms with van der Waals surface area (Å²) in [6.45, 7) is 7.06. The Labute approximate surface area is 132 Å². The van der Waals surface area contributed by atoms with Crippen LogP contribution in [-0.2, 0) is 11.3 Å². The molecule has 0 bridgehead atoms. The highest BCUT2D eigenvalue weighted by molar-refractivity contribution is 9.11. The number of allylic oxidation sites excluding steroid dienone is 1. The molecule has 2 aromatic rings. The molecule has 0 spiro atoms. The second-order valence-electron chi connectivity index (χ2n) is 5.43. The lowest BCUT2D eigenvalue weighted by atomic mass is 10.2. The van der Waals surface area contributed by atoms with E-state index < -0.39 is 0 Å². The predicted molar refractivity (Wildman–Crippen MR) is 87.2 cm³/mol. The topological polar surface area (TPSA) is 38.1 Å². The third kappa shape index (κ3) is 2.62. The van der Waals surface area contributed by atoms with Gasteiger partial charge in [-0.15, -0.1) is 0 Å². The number of benzene rings is 1. The number of halogens is 1. The van der Waals surface area contributed by atoms with Gasteiger partial charge in [0.05, 0.1) is 23.6 Å². The molecule has 21 heavy (non-hydrogen) atoms. The first-order valence-electron chi connectivity index (χ1n) is 7.13. The van der Waals surface area contributed by atoms with Crippen LogP contribution in [0.3, 0.4) is 0 Å². The Balaban J connectivity index is 2.12. The molecule has 1 fully saturated rings. The zero-order chi connectivity index (χ0) is 15.0. The molecule has 5 heteroatoms. The molecule has 2 heterocycles. The van der Waals surface area contributed by atoms with Crippen molar-refractivity contribution >= 4 is 32.9 Å². The maximum atomic E-state index is 11.8. The summed E-state index contributed by atoms with van der Waals surface area (Å²) in [5, 5.41) is 0. The van der Waals surface area contributed by atoms with Gasteiger partial charge in [-0.3, -0.25) is 4.79 Å². The largest absolute Gasteiger partial charge is 0.333 e. The first-order valence-corrected chi connectivity index (χ1v) is 7.93. The Morgan fingerprint density at radius 3 is 2.95 bits per heavy atom. The quantitative estimate of drug-likeness (QED) is 0.850. The second kappa shape index (κ2) is 5.64. The molecule has 1 aliphatic heterocycles. The molecule has 0 N–H and O–H groups in total. The van der Waals surface area contributed by atoms with Crippen LogP contribution in [0.5, 0.6) is 0 Å². The Kier molecular flexibility index (Phi) is 3.85. The fraction of sp³-hybridized carbons (Fsp3) is 0.375. The van der Waals surface area contributed by atoms with Crippen molar-refractivity contribution in [2.24, 2.45) is 0 Å². The molecular weight excluding hydrogens is 330 g/mol. The number of carbonyl (C=O) groups is 1. The molecule has 4 nitrogen and oxygen atoms in total. The highest BCUT2D eigenvalue weighted by atomic mass is 79.9. The molecular formula is C16H18BrN3O. The number of nitrogens with zero attached hydrogens (tertiary/aromatic N) is 3. The lowest BCUT2D eigenvalue weighted by Crippen LogP contribution is -2.29. The van der Waals surface area contributed by atoms with Crippen LogP contribution in [-0.4, -0.2) is 26.9 Å². The summed E-state index contributed by atoms with van der Waals surface area (Å²) in [5.41, 5.74) is 2.06. The van der Waals surface area contributed by atoms with Crippen LogP contribution in [0, 0.1) is 0 Å². The van der Waals surface area contributed by atoms with Gasteiger partial charge in [-0.1, -0.05) is 34.6 Å². The number of amides is 1. The van der Waals surface area contributed by atoms with E-state index in [0.29, 0.717) is 6.54 Å². The van der Waals surface area contributed by atoms with Crippen molar-refractivity contribution in [1.29, 1.82) is 0 Å². The molecule has 1 aromatic heterocycles. The van der Waals surface area contributed by atoms with Gasteiger partial charge < -0.3 is 9.47 Å². The van der Waals surface area contributed by atoms with Gasteiger partial charge in [0.15, 0.2) is 0 Å². The summed E-state index contributed by atoms with van der Waals surface area (Å²) >= 11 is 3.44. The van der Waals surface area contributed by atoms with E-state index in [-0.39, 0.29) is 11.9 Å². The van der Waals surface area contributed by atoms with E-state index in [1.165, 1.54) is 0 Å². The number of likely N-dealkylation sites (tertiary alicyclic amines) is 1. The number of aromatic nitrogens is 2. The van der Waals surface area contributed by atoms with E-state index in [1.54, 1.807) is 6.92 Å². The first-order chi connectivity index (χ1) is 10.1. The standard InChI is InChI=1S/C16H18BrN3O/c1-11(17)10-20-14-7-4-3-6-13(14)18-16(20)15-8-5-9-19(15)12(2)21/h3-4,6-7,15H,1,5,8-10H2,2H3/t15-/m0/s1. The number of rotatable bonds is 3. The average Bonchev–Trinajstić information content (AvgIpc) is 3.03. The fourth-order valence-corrected chi connectivity index (χ4v) is 3.35. The monoisotopic (exact) mass is 347 g/mol. The smallest absolute Gasteiger partial charge is 0.220 e. The van der Waals surface area contributed by atoms with Crippen LogP contribution in [0.4, 0.5) is 0 Å². The highest BCUT2D eigenvalue weighted by Gasteiger charge is 2.32. The van der Waals surface area contributed by atoms with E-state index in [1.807, 2.05) is 23.1 Å². The lowest BCUT2D eigenvalue weighted by Gasteiger charge is -2.23. The van der Waals surface area contributed by atoms with Crippen LogP contribution in [0.1, 0.15) is 31.6 Å². The number of para-hydroxylation sites is 2. The van der Waals surface area contributed by atoms with Crippen LogP contribution < -0.4 is 0 Å². The fourth-order valence-electron chi connectivity index (χ4n) is 3.10. The minimum Gasteiger partial charge on any atom is -0.333 e. The van der Waals surface area contributed by atoms with Crippen LogP contribution in [0.15, 0.2) is 35.3 Å². The van der Waals surface area contributed by atoms with Gasteiger partial charge in [-0.05, 0) is 25.0 Å². The number of hydrogen-bond acceptors (Lipinski definition) is 2. The highest BCUT2D eigenvalue weighted by Crippen LogP contribution is 2.33. The molecule has 1 aromatic carbocycles. The van der Waals surface area contributed by atoms with Crippen molar-refractivity contribution in [2.45, 2.75) is 32.4 Å². The van der Waals surface area contributed by atoms with Gasteiger partial charge in [0.25, 0.3) is 0 Å². The van der Waals surface area contributed by atoms with E-state index in [9.17, 15) is 4.79 Å². The lowest BCUT2D eigenvalue weighted by molar-refractivity contribution is -0.129. The first kappa shape index (κ1) is 14.3. The Hall–Kier alpha value is -1.62. The van der Waals surface area contributed by atoms with Crippen molar-refractivity contribution in [3.05, 3.63) is 41.2 Å². The molecule has 0 radical (unpaired) electrons. The molecule has 1 aliphatic rings. The van der Waals surface area contributed by atoms with Gasteiger partial charge in [-0.25, -0.2) is 4.98 Å². The van der Waals surface area contributed by atoms with Crippen molar-refractivity contribution in [1.82, 2.24) is 14.5 Å². The zero-order valence-electron chi connectivity index (χ0n) is 12.1. The van der Waals surface area contributed by atoms with E-state index in [0.717, 1.165) is 40.7 Å². The summed E-state index contributed by atoms with van der Waals surface area (Å²) in [5.74, 6) is 1.08. The van der Waals surface area contributed by atoms with Gasteiger partial charge in [0.1, 0.15) is 5.82 Å². The molecule has 1 saturated heterocycles. The molecule has 1 atom stereocenters. The van der Waals surface area contributed by atoms with Crippen molar-refractivity contribution in [2.75, 3.05) is 6.54 Å². The summed E-state index contributed by atoms with van der Waals surface area (Å²) in [6, 6.07) is 8.15. The molecule has 0 unspecified atom stereocenters. The Bertz CT molecular complexity index is 707. The van der Waals surface area contributed by atoms with Crippen molar-refractivity contribution in [3.8, 4) is 0 Å². The van der Waals surface area contributed by atoms with Crippen LogP contribution in [0.2, 0.25) is 0 Å². The van der Waals surface area contributed by atoms with Gasteiger partial charge in [-0.2, -0.15) is 0 Å². The molecule has 0 aliphatic carbocycles. The number of imidazole rings is 1. The molecule has 0 saturated carbocycles. The number of carbonyl (C=O) groups excluding carboxylic acids is 1. The predicted octanol–water partition coefficient (Wildman–Crippen LogP) is 3.63. The van der Waals surface area contributed by atoms with E-state index in [4.69, 9.17) is 4.98 Å². The third-order valence-corrected chi connectivity index (χ3v) is 4.22. The minimum atomic E-state index is 0.0711. The minimum absolute atomic E-state index is 0.0711. The van der Waals surface area contributed by atoms with E-state index >= 15 is 0 Å². The number of fused-ring (bicyclic) bond motifs is 1. The summed E-state index contributed by atoms with van der Waals surface area (Å²) < 4.78 is 3.07. The normalized spacial score (nSPS) is 18.4. The zero-order valence-corrected chi connectivity index (χ0v) is 13.6. The average molecular weight is 348 g/mol. The number of hydrogen-bond donors (Lipinski definition) is 0. The van der Waals surface area contributed by atoms with Crippen molar-refractivity contribution in [3.63, 3.8) is 0 Å². The maximum absolute atomic E-state index is 11.8.